The van der Waals surface area contributed by atoms with E-state index in [4.69, 9.17) is 16.3 Å². The first-order valence-corrected chi connectivity index (χ1v) is 10.5. The highest BCUT2D eigenvalue weighted by atomic mass is 35.5. The molecule has 0 bridgehead atoms. The lowest BCUT2D eigenvalue weighted by Gasteiger charge is -2.27. The third-order valence-corrected chi connectivity index (χ3v) is 5.88. The molecule has 1 N–H and O–H groups in total. The van der Waals surface area contributed by atoms with E-state index in [0.29, 0.717) is 32.9 Å². The summed E-state index contributed by atoms with van der Waals surface area (Å²) in [5.41, 5.74) is 1.55. The molecule has 6 nitrogen and oxygen atoms in total. The van der Waals surface area contributed by atoms with E-state index in [1.165, 1.54) is 4.57 Å². The molecule has 0 saturated heterocycles. The molecule has 0 aliphatic rings. The number of benzene rings is 2. The number of amides is 1. The van der Waals surface area contributed by atoms with Gasteiger partial charge in [-0.15, -0.1) is 0 Å². The predicted octanol–water partition coefficient (Wildman–Crippen LogP) is 4.66. The average Bonchev–Trinajstić information content (AvgIpc) is 3.11. The maximum atomic E-state index is 13.5. The first-order chi connectivity index (χ1) is 15.2. The number of fused-ring (bicyclic) bond motifs is 1. The van der Waals surface area contributed by atoms with Crippen molar-refractivity contribution in [3.05, 3.63) is 93.5 Å². The summed E-state index contributed by atoms with van der Waals surface area (Å²) in [6.45, 7) is 3.82. The topological polar surface area (TPSA) is 65.3 Å². The fraction of sp³-hybridized carbons (Fsp3) is 0.200. The van der Waals surface area contributed by atoms with Gasteiger partial charge in [-0.05, 0) is 49.7 Å². The van der Waals surface area contributed by atoms with Gasteiger partial charge >= 0.3 is 0 Å². The van der Waals surface area contributed by atoms with Crippen molar-refractivity contribution in [3.8, 4) is 11.4 Å². The van der Waals surface area contributed by atoms with Crippen LogP contribution in [0.5, 0.6) is 5.75 Å². The van der Waals surface area contributed by atoms with Gasteiger partial charge in [0, 0.05) is 24.5 Å². The SMILES string of the molecule is COc1ccccc1-n1ccc2c(c(C(=O)NC(C)(C)c3ccc(Cl)cc3)cn2C)c1=O. The van der Waals surface area contributed by atoms with Gasteiger partial charge in [0.05, 0.1) is 34.8 Å². The molecule has 0 fully saturated rings. The van der Waals surface area contributed by atoms with Crippen LogP contribution in [0, 0.1) is 0 Å². The van der Waals surface area contributed by atoms with Crippen molar-refractivity contribution in [2.75, 3.05) is 7.11 Å². The number of aryl methyl sites for hydroxylation is 1. The van der Waals surface area contributed by atoms with Gasteiger partial charge in [0.25, 0.3) is 11.5 Å². The number of aromatic nitrogens is 2. The van der Waals surface area contributed by atoms with E-state index < -0.39 is 5.54 Å². The Kier molecular flexibility index (Phi) is 5.57. The molecule has 4 rings (SSSR count). The third kappa shape index (κ3) is 3.78. The Hall–Kier alpha value is -3.51. The normalized spacial score (nSPS) is 11.5. The number of nitrogens with zero attached hydrogens (tertiary/aromatic N) is 2. The molecule has 1 amide bonds. The molecule has 2 heterocycles. The second-order valence-electron chi connectivity index (χ2n) is 8.16. The lowest BCUT2D eigenvalue weighted by Crippen LogP contribution is -2.41. The Morgan fingerprint density at radius 1 is 1.06 bits per heavy atom. The first-order valence-electron chi connectivity index (χ1n) is 10.2. The molecular formula is C25H24ClN3O3. The molecular weight excluding hydrogens is 426 g/mol. The first kappa shape index (κ1) is 21.7. The summed E-state index contributed by atoms with van der Waals surface area (Å²) >= 11 is 6.00. The number of hydrogen-bond acceptors (Lipinski definition) is 3. The number of nitrogens with one attached hydrogen (secondary N) is 1. The number of carbonyl (C=O) groups is 1. The van der Waals surface area contributed by atoms with Gasteiger partial charge in [-0.3, -0.25) is 14.2 Å². The molecule has 0 aliphatic heterocycles. The maximum absolute atomic E-state index is 13.5. The van der Waals surface area contributed by atoms with Gasteiger partial charge in [-0.25, -0.2) is 0 Å². The van der Waals surface area contributed by atoms with E-state index >= 15 is 0 Å². The fourth-order valence-electron chi connectivity index (χ4n) is 3.88. The lowest BCUT2D eigenvalue weighted by molar-refractivity contribution is 0.0913. The average molecular weight is 450 g/mol. The summed E-state index contributed by atoms with van der Waals surface area (Å²) in [4.78, 5) is 26.8. The fourth-order valence-corrected chi connectivity index (χ4v) is 4.01. The van der Waals surface area contributed by atoms with Crippen molar-refractivity contribution in [3.63, 3.8) is 0 Å². The zero-order valence-corrected chi connectivity index (χ0v) is 19.1. The monoisotopic (exact) mass is 449 g/mol. The smallest absolute Gasteiger partial charge is 0.265 e. The molecule has 0 radical (unpaired) electrons. The number of methoxy groups -OCH3 is 1. The van der Waals surface area contributed by atoms with Crippen molar-refractivity contribution >= 4 is 28.4 Å². The van der Waals surface area contributed by atoms with Crippen molar-refractivity contribution in [1.29, 1.82) is 0 Å². The highest BCUT2D eigenvalue weighted by molar-refractivity contribution is 6.30. The van der Waals surface area contributed by atoms with E-state index in [0.717, 1.165) is 5.56 Å². The summed E-state index contributed by atoms with van der Waals surface area (Å²) in [5.74, 6) is 0.241. The van der Waals surface area contributed by atoms with Gasteiger partial charge < -0.3 is 14.6 Å². The molecule has 0 unspecified atom stereocenters. The standard InChI is InChI=1S/C25H24ClN3O3/c1-25(2,16-9-11-17(26)12-10-16)27-23(30)18-15-28(3)20-13-14-29(24(31)22(18)20)19-7-5-6-8-21(19)32-4/h5-15H,1-4H3,(H,27,30). The van der Waals surface area contributed by atoms with E-state index in [1.807, 2.05) is 51.2 Å². The zero-order chi connectivity index (χ0) is 23.0. The zero-order valence-electron chi connectivity index (χ0n) is 18.3. The van der Waals surface area contributed by atoms with Crippen LogP contribution in [0.2, 0.25) is 5.02 Å². The number of halogens is 1. The summed E-state index contributed by atoms with van der Waals surface area (Å²) in [7, 11) is 3.37. The number of ether oxygens (including phenoxy) is 1. The van der Waals surface area contributed by atoms with Crippen LogP contribution in [-0.2, 0) is 12.6 Å². The van der Waals surface area contributed by atoms with E-state index in [-0.39, 0.29) is 11.5 Å². The van der Waals surface area contributed by atoms with Crippen LogP contribution < -0.4 is 15.6 Å². The molecule has 0 aliphatic carbocycles. The van der Waals surface area contributed by atoms with Gasteiger partial charge in [0.2, 0.25) is 0 Å². The second kappa shape index (κ2) is 8.20. The Labute approximate surface area is 191 Å². The van der Waals surface area contributed by atoms with Gasteiger partial charge in [0.15, 0.2) is 0 Å². The minimum Gasteiger partial charge on any atom is -0.495 e. The van der Waals surface area contributed by atoms with Crippen molar-refractivity contribution in [2.24, 2.45) is 7.05 Å². The largest absolute Gasteiger partial charge is 0.495 e. The Bertz CT molecular complexity index is 1370. The molecule has 0 saturated carbocycles. The molecule has 0 atom stereocenters. The predicted molar refractivity (Wildman–Crippen MR) is 127 cm³/mol. The summed E-state index contributed by atoms with van der Waals surface area (Å²) < 4.78 is 8.71. The van der Waals surface area contributed by atoms with Crippen molar-refractivity contribution in [1.82, 2.24) is 14.5 Å². The molecule has 4 aromatic rings. The Balaban J connectivity index is 1.80. The maximum Gasteiger partial charge on any atom is 0.265 e. The van der Waals surface area contributed by atoms with E-state index in [9.17, 15) is 9.59 Å². The van der Waals surface area contributed by atoms with Crippen LogP contribution in [0.1, 0.15) is 29.8 Å². The molecule has 2 aromatic carbocycles. The molecule has 2 aromatic heterocycles. The lowest BCUT2D eigenvalue weighted by atomic mass is 9.94. The molecule has 32 heavy (non-hydrogen) atoms. The number of para-hydroxylation sites is 2. The van der Waals surface area contributed by atoms with Crippen LogP contribution in [0.4, 0.5) is 0 Å². The number of rotatable bonds is 5. The summed E-state index contributed by atoms with van der Waals surface area (Å²) in [6, 6.07) is 16.4. The number of carbonyl (C=O) groups excluding carboxylic acids is 1. The third-order valence-electron chi connectivity index (χ3n) is 5.62. The molecule has 164 valence electrons. The van der Waals surface area contributed by atoms with Crippen molar-refractivity contribution < 1.29 is 9.53 Å². The highest BCUT2D eigenvalue weighted by Crippen LogP contribution is 2.26. The summed E-state index contributed by atoms with van der Waals surface area (Å²) in [6.07, 6.45) is 3.38. The Morgan fingerprint density at radius 2 is 1.75 bits per heavy atom. The van der Waals surface area contributed by atoms with Crippen LogP contribution in [0.15, 0.2) is 71.8 Å². The number of pyridine rings is 1. The number of hydrogen-bond donors (Lipinski definition) is 1. The highest BCUT2D eigenvalue weighted by Gasteiger charge is 2.26. The van der Waals surface area contributed by atoms with Crippen LogP contribution in [0.25, 0.3) is 16.6 Å². The van der Waals surface area contributed by atoms with Crippen LogP contribution in [-0.4, -0.2) is 22.2 Å². The molecule has 0 spiro atoms. The van der Waals surface area contributed by atoms with Gasteiger partial charge in [-0.1, -0.05) is 35.9 Å². The molecule has 7 heteroatoms. The quantitative estimate of drug-likeness (QED) is 0.482. The van der Waals surface area contributed by atoms with Crippen LogP contribution in [0.3, 0.4) is 0 Å². The minimum atomic E-state index is -0.666. The van der Waals surface area contributed by atoms with Crippen molar-refractivity contribution in [2.45, 2.75) is 19.4 Å². The minimum absolute atomic E-state index is 0.290. The van der Waals surface area contributed by atoms with Gasteiger partial charge in [-0.2, -0.15) is 0 Å². The van der Waals surface area contributed by atoms with Crippen LogP contribution >= 0.6 is 11.6 Å². The van der Waals surface area contributed by atoms with Gasteiger partial charge in [0.1, 0.15) is 5.75 Å². The second-order valence-corrected chi connectivity index (χ2v) is 8.60. The van der Waals surface area contributed by atoms with E-state index in [1.54, 1.807) is 48.3 Å². The van der Waals surface area contributed by atoms with E-state index in [2.05, 4.69) is 5.32 Å². The summed E-state index contributed by atoms with van der Waals surface area (Å²) in [5, 5.41) is 4.03. The Morgan fingerprint density at radius 3 is 2.44 bits per heavy atom.